The van der Waals surface area contributed by atoms with Crippen molar-refractivity contribution < 1.29 is 0 Å². The maximum atomic E-state index is 4.60. The minimum atomic E-state index is 0.659. The number of hydrogen-bond donors (Lipinski definition) is 1. The molecule has 0 amide bonds. The third-order valence-corrected chi connectivity index (χ3v) is 2.84. The number of nitrogens with zero attached hydrogens (tertiary/aromatic N) is 3. The van der Waals surface area contributed by atoms with E-state index in [1.807, 2.05) is 0 Å². The van der Waals surface area contributed by atoms with E-state index in [9.17, 15) is 0 Å². The summed E-state index contributed by atoms with van der Waals surface area (Å²) in [7, 11) is 0. The summed E-state index contributed by atoms with van der Waals surface area (Å²) in [5, 5.41) is 7.96. The van der Waals surface area contributed by atoms with E-state index in [-0.39, 0.29) is 0 Å². The maximum Gasteiger partial charge on any atom is 0.0764 e. The smallest absolute Gasteiger partial charge is 0.0764 e. The number of rotatable bonds is 4. The summed E-state index contributed by atoms with van der Waals surface area (Å²) in [5.74, 6) is 0.659. The van der Waals surface area contributed by atoms with Gasteiger partial charge in [-0.1, -0.05) is 13.8 Å². The van der Waals surface area contributed by atoms with Gasteiger partial charge >= 0.3 is 0 Å². The first kappa shape index (κ1) is 11.6. The van der Waals surface area contributed by atoms with E-state index in [0.717, 1.165) is 39.3 Å². The Morgan fingerprint density at radius 3 is 2.81 bits per heavy atom. The van der Waals surface area contributed by atoms with Crippen molar-refractivity contribution in [1.82, 2.24) is 20.0 Å². The van der Waals surface area contributed by atoms with Crippen LogP contribution in [-0.2, 0) is 13.1 Å². The van der Waals surface area contributed by atoms with E-state index < -0.39 is 0 Å². The molecule has 4 heteroatoms. The highest BCUT2D eigenvalue weighted by Crippen LogP contribution is 2.05. The molecule has 2 rings (SSSR count). The van der Waals surface area contributed by atoms with Gasteiger partial charge in [-0.25, -0.2) is 0 Å². The Hall–Kier alpha value is -0.870. The highest BCUT2D eigenvalue weighted by atomic mass is 15.3. The number of piperazine rings is 1. The molecule has 1 N–H and O–H groups in total. The Morgan fingerprint density at radius 2 is 2.12 bits per heavy atom. The Labute approximate surface area is 97.6 Å². The Bertz CT molecular complexity index is 313. The van der Waals surface area contributed by atoms with Gasteiger partial charge in [0.25, 0.3) is 0 Å². The lowest BCUT2D eigenvalue weighted by Crippen LogP contribution is -2.42. The molecule has 1 saturated heterocycles. The van der Waals surface area contributed by atoms with Crippen molar-refractivity contribution in [2.45, 2.75) is 26.9 Å². The fraction of sp³-hybridized carbons (Fsp3) is 0.750. The molecule has 0 atom stereocenters. The van der Waals surface area contributed by atoms with E-state index in [4.69, 9.17) is 0 Å². The Kier molecular flexibility index (Phi) is 3.96. The predicted octanol–water partition coefficient (Wildman–Crippen LogP) is 0.944. The quantitative estimate of drug-likeness (QED) is 0.823. The molecule has 90 valence electrons. The summed E-state index contributed by atoms with van der Waals surface area (Å²) < 4.78 is 2.06. The highest BCUT2D eigenvalue weighted by molar-refractivity contribution is 4.99. The molecule has 0 spiro atoms. The summed E-state index contributed by atoms with van der Waals surface area (Å²) in [6.07, 6.45) is 2.09. The summed E-state index contributed by atoms with van der Waals surface area (Å²) in [5.41, 5.74) is 1.20. The molecule has 0 unspecified atom stereocenters. The summed E-state index contributed by atoms with van der Waals surface area (Å²) >= 11 is 0. The van der Waals surface area contributed by atoms with Gasteiger partial charge in [0, 0.05) is 45.5 Å². The first-order valence-electron chi connectivity index (χ1n) is 6.19. The highest BCUT2D eigenvalue weighted by Gasteiger charge is 2.11. The zero-order chi connectivity index (χ0) is 11.4. The molecule has 0 aliphatic carbocycles. The average molecular weight is 222 g/mol. The van der Waals surface area contributed by atoms with Gasteiger partial charge in [0.05, 0.1) is 5.69 Å². The second-order valence-corrected chi connectivity index (χ2v) is 4.95. The lowest BCUT2D eigenvalue weighted by atomic mass is 10.2. The second kappa shape index (κ2) is 5.46. The molecule has 1 aromatic rings. The lowest BCUT2D eigenvalue weighted by molar-refractivity contribution is 0.230. The van der Waals surface area contributed by atoms with Crippen molar-refractivity contribution in [2.24, 2.45) is 5.92 Å². The normalized spacial score (nSPS) is 18.2. The van der Waals surface area contributed by atoms with E-state index >= 15 is 0 Å². The van der Waals surface area contributed by atoms with Crippen LogP contribution in [0.3, 0.4) is 0 Å². The largest absolute Gasteiger partial charge is 0.314 e. The van der Waals surface area contributed by atoms with Crippen LogP contribution in [0.25, 0.3) is 0 Å². The number of hydrogen-bond acceptors (Lipinski definition) is 3. The van der Waals surface area contributed by atoms with Gasteiger partial charge < -0.3 is 5.32 Å². The zero-order valence-electron chi connectivity index (χ0n) is 10.3. The molecule has 2 heterocycles. The Morgan fingerprint density at radius 1 is 1.38 bits per heavy atom. The van der Waals surface area contributed by atoms with Crippen LogP contribution < -0.4 is 5.32 Å². The molecular weight excluding hydrogens is 200 g/mol. The minimum absolute atomic E-state index is 0.659. The molecule has 1 aromatic heterocycles. The second-order valence-electron chi connectivity index (χ2n) is 4.95. The van der Waals surface area contributed by atoms with Crippen LogP contribution in [0, 0.1) is 5.92 Å². The summed E-state index contributed by atoms with van der Waals surface area (Å²) in [6.45, 7) is 10.9. The predicted molar refractivity (Wildman–Crippen MR) is 65.2 cm³/mol. The van der Waals surface area contributed by atoms with Crippen molar-refractivity contribution in [1.29, 1.82) is 0 Å². The average Bonchev–Trinajstić information content (AvgIpc) is 2.66. The molecule has 1 fully saturated rings. The molecule has 0 bridgehead atoms. The van der Waals surface area contributed by atoms with Crippen LogP contribution in [0.5, 0.6) is 0 Å². The summed E-state index contributed by atoms with van der Waals surface area (Å²) in [6, 6.07) is 2.14. The van der Waals surface area contributed by atoms with Gasteiger partial charge in [-0.05, 0) is 12.0 Å². The monoisotopic (exact) mass is 222 g/mol. The third kappa shape index (κ3) is 3.32. The Balaban J connectivity index is 1.86. The van der Waals surface area contributed by atoms with Crippen molar-refractivity contribution in [3.05, 3.63) is 18.0 Å². The van der Waals surface area contributed by atoms with E-state index in [1.54, 1.807) is 0 Å². The molecule has 4 nitrogen and oxygen atoms in total. The van der Waals surface area contributed by atoms with Gasteiger partial charge in [0.15, 0.2) is 0 Å². The third-order valence-electron chi connectivity index (χ3n) is 2.84. The molecular formula is C12H22N4. The molecule has 0 radical (unpaired) electrons. The molecule has 1 aliphatic rings. The van der Waals surface area contributed by atoms with E-state index in [0.29, 0.717) is 5.92 Å². The van der Waals surface area contributed by atoms with Gasteiger partial charge in [-0.2, -0.15) is 5.10 Å². The molecule has 0 aromatic carbocycles. The van der Waals surface area contributed by atoms with E-state index in [1.165, 1.54) is 5.69 Å². The van der Waals surface area contributed by atoms with Crippen molar-refractivity contribution >= 4 is 0 Å². The van der Waals surface area contributed by atoms with E-state index in [2.05, 4.69) is 46.1 Å². The van der Waals surface area contributed by atoms with Crippen LogP contribution in [0.1, 0.15) is 19.5 Å². The minimum Gasteiger partial charge on any atom is -0.314 e. The summed E-state index contributed by atoms with van der Waals surface area (Å²) in [4.78, 5) is 2.46. The topological polar surface area (TPSA) is 33.1 Å². The fourth-order valence-electron chi connectivity index (χ4n) is 2.06. The molecule has 0 saturated carbocycles. The first-order valence-corrected chi connectivity index (χ1v) is 6.19. The first-order chi connectivity index (χ1) is 7.74. The standard InChI is InChI=1S/C12H22N4/c1-11(2)9-16-6-3-12(14-16)10-15-7-4-13-5-8-15/h3,6,11,13H,4-5,7-10H2,1-2H3. The van der Waals surface area contributed by atoms with Crippen LogP contribution in [-0.4, -0.2) is 40.9 Å². The van der Waals surface area contributed by atoms with Crippen molar-refractivity contribution in [2.75, 3.05) is 26.2 Å². The molecule has 1 aliphatic heterocycles. The zero-order valence-corrected chi connectivity index (χ0v) is 10.3. The van der Waals surface area contributed by atoms with Gasteiger partial charge in [0.2, 0.25) is 0 Å². The van der Waals surface area contributed by atoms with Gasteiger partial charge in [-0.15, -0.1) is 0 Å². The SMILES string of the molecule is CC(C)Cn1ccc(CN2CCNCC2)n1. The molecule has 16 heavy (non-hydrogen) atoms. The maximum absolute atomic E-state index is 4.60. The van der Waals surface area contributed by atoms with Crippen LogP contribution in [0.2, 0.25) is 0 Å². The number of aromatic nitrogens is 2. The van der Waals surface area contributed by atoms with Crippen molar-refractivity contribution in [3.63, 3.8) is 0 Å². The van der Waals surface area contributed by atoms with Crippen LogP contribution in [0.4, 0.5) is 0 Å². The van der Waals surface area contributed by atoms with Crippen LogP contribution >= 0.6 is 0 Å². The van der Waals surface area contributed by atoms with Crippen LogP contribution in [0.15, 0.2) is 12.3 Å². The van der Waals surface area contributed by atoms with Crippen molar-refractivity contribution in [3.8, 4) is 0 Å². The van der Waals surface area contributed by atoms with Gasteiger partial charge in [-0.3, -0.25) is 9.58 Å². The lowest BCUT2D eigenvalue weighted by Gasteiger charge is -2.26. The van der Waals surface area contributed by atoms with Gasteiger partial charge in [0.1, 0.15) is 0 Å². The number of nitrogens with one attached hydrogen (secondary N) is 1. The fourth-order valence-corrected chi connectivity index (χ4v) is 2.06.